The highest BCUT2D eigenvalue weighted by Gasteiger charge is 2.33. The Morgan fingerprint density at radius 3 is 2.77 bits per heavy atom. The van der Waals surface area contributed by atoms with Gasteiger partial charge < -0.3 is 19.9 Å². The molecular weight excluding hydrogens is 445 g/mol. The molecule has 4 rings (SSSR count). The molecule has 162 valence electrons. The van der Waals surface area contributed by atoms with Gasteiger partial charge in [-0.25, -0.2) is 9.18 Å². The molecule has 0 bridgehead atoms. The summed E-state index contributed by atoms with van der Waals surface area (Å²) in [4.78, 5) is 37.3. The van der Waals surface area contributed by atoms with Crippen LogP contribution in [0.5, 0.6) is 0 Å². The van der Waals surface area contributed by atoms with E-state index < -0.39 is 22.8 Å². The van der Waals surface area contributed by atoms with Gasteiger partial charge in [0.2, 0.25) is 11.3 Å². The monoisotopic (exact) mass is 463 g/mol. The molecule has 7 nitrogen and oxygen atoms in total. The number of carboxylic acids is 1. The zero-order valence-electron chi connectivity index (χ0n) is 16.5. The number of hydrogen-bond acceptors (Lipinski definition) is 5. The van der Waals surface area contributed by atoms with Crippen LogP contribution in [0.15, 0.2) is 40.6 Å². The summed E-state index contributed by atoms with van der Waals surface area (Å²) in [6, 6.07) is 6.24. The summed E-state index contributed by atoms with van der Waals surface area (Å²) >= 11 is 7.80. The molecule has 2 unspecified atom stereocenters. The number of benzene rings is 1. The van der Waals surface area contributed by atoms with Gasteiger partial charge in [-0.05, 0) is 29.6 Å². The lowest BCUT2D eigenvalue weighted by Gasteiger charge is -2.21. The summed E-state index contributed by atoms with van der Waals surface area (Å²) in [6.07, 6.45) is 1.27. The second kappa shape index (κ2) is 8.32. The average molecular weight is 464 g/mol. The maximum Gasteiger partial charge on any atom is 0.341 e. The quantitative estimate of drug-likeness (QED) is 0.567. The highest BCUT2D eigenvalue weighted by molar-refractivity contribution is 7.12. The largest absolute Gasteiger partial charge is 0.477 e. The predicted octanol–water partition coefficient (Wildman–Crippen LogP) is 3.07. The maximum absolute atomic E-state index is 15.1. The van der Waals surface area contributed by atoms with Crippen molar-refractivity contribution in [2.75, 3.05) is 24.5 Å². The number of anilines is 1. The number of halogens is 2. The minimum absolute atomic E-state index is 0.00836. The standard InChI is InChI=1S/C21H19ClFN3O4S/c1-11(27)24-7-12-8-25(10-15(12)22)18-6-17-13(5-16(18)23)20(28)14(21(29)30)9-26(17)19-3-2-4-31-19/h2-6,9,12,15H,7-8,10H2,1H3,(H,24,27)(H,29,30). The van der Waals surface area contributed by atoms with Crippen LogP contribution in [0, 0.1) is 11.7 Å². The fourth-order valence-corrected chi connectivity index (χ4v) is 4.87. The normalized spacial score (nSPS) is 18.5. The van der Waals surface area contributed by atoms with Crippen LogP contribution in [0.3, 0.4) is 0 Å². The molecule has 31 heavy (non-hydrogen) atoms. The van der Waals surface area contributed by atoms with Gasteiger partial charge in [0.1, 0.15) is 11.4 Å². The second-order valence-electron chi connectivity index (χ2n) is 7.44. The number of hydrogen-bond donors (Lipinski definition) is 2. The number of alkyl halides is 1. The van der Waals surface area contributed by atoms with Crippen molar-refractivity contribution in [3.05, 3.63) is 57.4 Å². The topological polar surface area (TPSA) is 91.6 Å². The molecule has 2 atom stereocenters. The third kappa shape index (κ3) is 4.03. The van der Waals surface area contributed by atoms with Crippen molar-refractivity contribution in [2.45, 2.75) is 12.3 Å². The molecule has 1 aliphatic rings. The molecule has 0 saturated carbocycles. The predicted molar refractivity (Wildman–Crippen MR) is 118 cm³/mol. The molecule has 0 aliphatic carbocycles. The van der Waals surface area contributed by atoms with Gasteiger partial charge in [0.25, 0.3) is 0 Å². The lowest BCUT2D eigenvalue weighted by molar-refractivity contribution is -0.119. The van der Waals surface area contributed by atoms with Gasteiger partial charge in [-0.3, -0.25) is 9.59 Å². The van der Waals surface area contributed by atoms with E-state index >= 15 is 4.39 Å². The van der Waals surface area contributed by atoms with Crippen molar-refractivity contribution in [2.24, 2.45) is 5.92 Å². The van der Waals surface area contributed by atoms with Crippen molar-refractivity contribution in [1.82, 2.24) is 9.88 Å². The summed E-state index contributed by atoms with van der Waals surface area (Å²) in [5.74, 6) is -2.22. The number of thiophene rings is 1. The van der Waals surface area contributed by atoms with Crippen molar-refractivity contribution < 1.29 is 19.1 Å². The number of carbonyl (C=O) groups excluding carboxylic acids is 1. The van der Waals surface area contributed by atoms with Crippen molar-refractivity contribution in [1.29, 1.82) is 0 Å². The van der Waals surface area contributed by atoms with Crippen LogP contribution < -0.4 is 15.6 Å². The fraction of sp³-hybridized carbons (Fsp3) is 0.286. The van der Waals surface area contributed by atoms with Crippen molar-refractivity contribution in [3.63, 3.8) is 0 Å². The van der Waals surface area contributed by atoms with Gasteiger partial charge in [-0.1, -0.05) is 0 Å². The Balaban J connectivity index is 1.82. The fourth-order valence-electron chi connectivity index (χ4n) is 3.81. The van der Waals surface area contributed by atoms with E-state index in [-0.39, 0.29) is 28.3 Å². The molecule has 2 N–H and O–H groups in total. The number of carbonyl (C=O) groups is 2. The highest BCUT2D eigenvalue weighted by atomic mass is 35.5. The van der Waals surface area contributed by atoms with E-state index in [4.69, 9.17) is 11.6 Å². The number of amides is 1. The van der Waals surface area contributed by atoms with Crippen molar-refractivity contribution in [3.8, 4) is 5.00 Å². The zero-order chi connectivity index (χ0) is 22.3. The molecular formula is C21H19ClFN3O4S. The number of rotatable bonds is 5. The van der Waals surface area contributed by atoms with Gasteiger partial charge in [-0.15, -0.1) is 22.9 Å². The molecule has 2 aromatic heterocycles. The van der Waals surface area contributed by atoms with E-state index in [1.54, 1.807) is 27.7 Å². The maximum atomic E-state index is 15.1. The number of nitrogens with zero attached hydrogens (tertiary/aromatic N) is 2. The number of aromatic carboxylic acids is 1. The third-order valence-electron chi connectivity index (χ3n) is 5.36. The van der Waals surface area contributed by atoms with Crippen LogP contribution in [0.25, 0.3) is 15.9 Å². The van der Waals surface area contributed by atoms with E-state index in [0.717, 1.165) is 6.07 Å². The van der Waals surface area contributed by atoms with Gasteiger partial charge in [-0.2, -0.15) is 0 Å². The van der Waals surface area contributed by atoms with Crippen LogP contribution in [0.2, 0.25) is 0 Å². The smallest absolute Gasteiger partial charge is 0.341 e. The zero-order valence-corrected chi connectivity index (χ0v) is 18.0. The van der Waals surface area contributed by atoms with Crippen LogP contribution in [0.4, 0.5) is 10.1 Å². The number of carboxylic acid groups (broad SMARTS) is 1. The Hall–Kier alpha value is -2.91. The lowest BCUT2D eigenvalue weighted by Crippen LogP contribution is -2.31. The molecule has 3 heterocycles. The number of nitrogens with one attached hydrogen (secondary N) is 1. The van der Waals surface area contributed by atoms with E-state index in [2.05, 4.69) is 5.32 Å². The molecule has 1 aromatic carbocycles. The van der Waals surface area contributed by atoms with Gasteiger partial charge in [0.05, 0.1) is 21.6 Å². The summed E-state index contributed by atoms with van der Waals surface area (Å²) in [7, 11) is 0. The number of pyridine rings is 1. The first-order valence-electron chi connectivity index (χ1n) is 9.55. The highest BCUT2D eigenvalue weighted by Crippen LogP contribution is 2.32. The van der Waals surface area contributed by atoms with E-state index in [1.807, 2.05) is 5.38 Å². The first kappa shape index (κ1) is 21.3. The number of aromatic nitrogens is 1. The van der Waals surface area contributed by atoms with E-state index in [0.29, 0.717) is 30.2 Å². The van der Waals surface area contributed by atoms with Gasteiger partial charge >= 0.3 is 5.97 Å². The van der Waals surface area contributed by atoms with Crippen LogP contribution in [-0.4, -0.2) is 46.6 Å². The summed E-state index contributed by atoms with van der Waals surface area (Å²) in [6.45, 7) is 2.63. The molecule has 3 aromatic rings. The Bertz CT molecular complexity index is 1230. The Morgan fingerprint density at radius 1 is 1.35 bits per heavy atom. The third-order valence-corrected chi connectivity index (χ3v) is 6.72. The van der Waals surface area contributed by atoms with Crippen molar-refractivity contribution >= 4 is 51.4 Å². The molecule has 1 amide bonds. The van der Waals surface area contributed by atoms with Crippen LogP contribution in [0.1, 0.15) is 17.3 Å². The molecule has 1 saturated heterocycles. The first-order valence-corrected chi connectivity index (χ1v) is 10.9. The van der Waals surface area contributed by atoms with Gasteiger partial charge in [0, 0.05) is 44.1 Å². The minimum atomic E-state index is -1.37. The van der Waals surface area contributed by atoms with Crippen LogP contribution in [-0.2, 0) is 4.79 Å². The lowest BCUT2D eigenvalue weighted by atomic mass is 10.1. The van der Waals surface area contributed by atoms with E-state index in [1.165, 1.54) is 24.5 Å². The summed E-state index contributed by atoms with van der Waals surface area (Å²) in [5.41, 5.74) is -0.479. The Kier molecular flexibility index (Phi) is 5.72. The average Bonchev–Trinajstić information content (AvgIpc) is 3.36. The first-order chi connectivity index (χ1) is 14.8. The Morgan fingerprint density at radius 2 is 2.13 bits per heavy atom. The SMILES string of the molecule is CC(=O)NCC1CN(c2cc3c(cc2F)c(=O)c(C(=O)O)cn3-c2cccs2)CC1Cl. The number of fused-ring (bicyclic) bond motifs is 1. The van der Waals surface area contributed by atoms with Crippen LogP contribution >= 0.6 is 22.9 Å². The molecule has 10 heteroatoms. The minimum Gasteiger partial charge on any atom is -0.477 e. The molecule has 1 fully saturated rings. The summed E-state index contributed by atoms with van der Waals surface area (Å²) < 4.78 is 16.7. The Labute approximate surface area is 185 Å². The second-order valence-corrected chi connectivity index (χ2v) is 8.92. The van der Waals surface area contributed by atoms with Gasteiger partial charge in [0.15, 0.2) is 0 Å². The molecule has 0 spiro atoms. The summed E-state index contributed by atoms with van der Waals surface area (Å²) in [5, 5.41) is 14.4. The molecule has 1 aliphatic heterocycles. The van der Waals surface area contributed by atoms with E-state index in [9.17, 15) is 19.5 Å². The molecule has 0 radical (unpaired) electrons.